The Morgan fingerprint density at radius 2 is 1.91 bits per heavy atom. The molecule has 0 fully saturated rings. The summed E-state index contributed by atoms with van der Waals surface area (Å²) in [6, 6.07) is 8.20. The summed E-state index contributed by atoms with van der Waals surface area (Å²) in [7, 11) is 1.62. The number of benzene rings is 2. The van der Waals surface area contributed by atoms with Crippen molar-refractivity contribution in [3.8, 4) is 0 Å². The zero-order chi connectivity index (χ0) is 15.9. The van der Waals surface area contributed by atoms with Crippen molar-refractivity contribution in [3.05, 3.63) is 64.2 Å². The molecule has 6 heteroatoms. The van der Waals surface area contributed by atoms with Crippen molar-refractivity contribution in [2.75, 3.05) is 18.5 Å². The van der Waals surface area contributed by atoms with E-state index in [2.05, 4.69) is 4.99 Å². The van der Waals surface area contributed by atoms with E-state index in [-0.39, 0.29) is 23.7 Å². The highest BCUT2D eigenvalue weighted by Gasteiger charge is 2.24. The number of benzodiazepines with no additional fused rings is 1. The summed E-state index contributed by atoms with van der Waals surface area (Å²) in [4.78, 5) is 17.7. The Morgan fingerprint density at radius 1 is 1.14 bits per heavy atom. The van der Waals surface area contributed by atoms with Gasteiger partial charge in [-0.25, -0.2) is 8.78 Å². The lowest BCUT2D eigenvalue weighted by atomic mass is 9.99. The molecule has 0 bridgehead atoms. The number of likely N-dealkylation sites (N-methyl/N-ethyl adjacent to an activating group) is 1. The number of fused-ring (bicyclic) bond motifs is 1. The second-order valence-corrected chi connectivity index (χ2v) is 5.34. The van der Waals surface area contributed by atoms with E-state index in [4.69, 9.17) is 11.6 Å². The molecule has 2 aromatic carbocycles. The van der Waals surface area contributed by atoms with Gasteiger partial charge in [0.2, 0.25) is 5.91 Å². The fraction of sp³-hybridized carbons (Fsp3) is 0.125. The zero-order valence-corrected chi connectivity index (χ0v) is 12.4. The molecule has 0 unspecified atom stereocenters. The molecule has 0 atom stereocenters. The fourth-order valence-electron chi connectivity index (χ4n) is 2.37. The van der Waals surface area contributed by atoms with Crippen LogP contribution in [-0.4, -0.2) is 25.2 Å². The Kier molecular flexibility index (Phi) is 3.66. The van der Waals surface area contributed by atoms with E-state index in [0.717, 1.165) is 12.1 Å². The first kappa shape index (κ1) is 14.7. The first-order chi connectivity index (χ1) is 10.5. The minimum Gasteiger partial charge on any atom is -0.313 e. The van der Waals surface area contributed by atoms with Crippen molar-refractivity contribution in [2.45, 2.75) is 0 Å². The van der Waals surface area contributed by atoms with Gasteiger partial charge in [-0.15, -0.1) is 0 Å². The highest BCUT2D eigenvalue weighted by Crippen LogP contribution is 2.29. The maximum atomic E-state index is 14.1. The number of hydrogen-bond donors (Lipinski definition) is 0. The van der Waals surface area contributed by atoms with Crippen LogP contribution in [-0.2, 0) is 4.79 Å². The molecular formula is C16H11ClF2N2O. The van der Waals surface area contributed by atoms with Gasteiger partial charge in [-0.2, -0.15) is 0 Å². The maximum Gasteiger partial charge on any atom is 0.248 e. The van der Waals surface area contributed by atoms with Crippen LogP contribution < -0.4 is 4.90 Å². The van der Waals surface area contributed by atoms with Crippen molar-refractivity contribution >= 4 is 28.9 Å². The lowest BCUT2D eigenvalue weighted by molar-refractivity contribution is -0.116. The summed E-state index contributed by atoms with van der Waals surface area (Å²) >= 11 is 6.02. The molecular weight excluding hydrogens is 310 g/mol. The monoisotopic (exact) mass is 320 g/mol. The van der Waals surface area contributed by atoms with E-state index in [1.807, 2.05) is 0 Å². The van der Waals surface area contributed by atoms with Gasteiger partial charge in [0.15, 0.2) is 0 Å². The molecule has 22 heavy (non-hydrogen) atoms. The molecule has 3 nitrogen and oxygen atoms in total. The van der Waals surface area contributed by atoms with Gasteiger partial charge in [0.05, 0.1) is 11.4 Å². The second kappa shape index (κ2) is 5.50. The van der Waals surface area contributed by atoms with Crippen LogP contribution in [0, 0.1) is 11.6 Å². The lowest BCUT2D eigenvalue weighted by Gasteiger charge is -2.18. The Balaban J connectivity index is 2.25. The number of anilines is 1. The SMILES string of the molecule is CN1C(=O)CN=C(c2ccc(F)cc2F)c2cc(Cl)ccc21. The van der Waals surface area contributed by atoms with Crippen LogP contribution in [0.2, 0.25) is 5.02 Å². The van der Waals surface area contributed by atoms with Crippen LogP contribution in [0.1, 0.15) is 11.1 Å². The number of rotatable bonds is 1. The number of carbonyl (C=O) groups is 1. The smallest absolute Gasteiger partial charge is 0.248 e. The summed E-state index contributed by atoms with van der Waals surface area (Å²) < 4.78 is 27.2. The van der Waals surface area contributed by atoms with E-state index < -0.39 is 11.6 Å². The van der Waals surface area contributed by atoms with Crippen LogP contribution in [0.3, 0.4) is 0 Å². The molecule has 3 rings (SSSR count). The third-order valence-electron chi connectivity index (χ3n) is 3.51. The topological polar surface area (TPSA) is 32.7 Å². The van der Waals surface area contributed by atoms with Crippen LogP contribution in [0.15, 0.2) is 41.4 Å². The summed E-state index contributed by atoms with van der Waals surface area (Å²) in [5.74, 6) is -1.63. The van der Waals surface area contributed by atoms with Crippen LogP contribution in [0.25, 0.3) is 0 Å². The number of halogens is 3. The van der Waals surface area contributed by atoms with Gasteiger partial charge < -0.3 is 4.90 Å². The molecule has 0 radical (unpaired) electrons. The quantitative estimate of drug-likeness (QED) is 0.792. The molecule has 1 aliphatic rings. The lowest BCUT2D eigenvalue weighted by Crippen LogP contribution is -2.27. The first-order valence-electron chi connectivity index (χ1n) is 6.53. The average Bonchev–Trinajstić information content (AvgIpc) is 2.58. The van der Waals surface area contributed by atoms with Gasteiger partial charge >= 0.3 is 0 Å². The van der Waals surface area contributed by atoms with Gasteiger partial charge in [0.1, 0.15) is 18.2 Å². The van der Waals surface area contributed by atoms with Gasteiger partial charge in [0.25, 0.3) is 0 Å². The molecule has 1 aliphatic heterocycles. The Morgan fingerprint density at radius 3 is 2.64 bits per heavy atom. The minimum absolute atomic E-state index is 0.116. The first-order valence-corrected chi connectivity index (χ1v) is 6.91. The molecule has 0 aliphatic carbocycles. The number of aliphatic imine (C=N–C) groups is 1. The predicted octanol–water partition coefficient (Wildman–Crippen LogP) is 3.43. The standard InChI is InChI=1S/C16H11ClF2N2O/c1-21-14-5-2-9(17)6-12(14)16(20-8-15(21)22)11-4-3-10(18)7-13(11)19/h2-7H,8H2,1H3. The molecule has 0 saturated carbocycles. The average molecular weight is 321 g/mol. The minimum atomic E-state index is -0.735. The zero-order valence-electron chi connectivity index (χ0n) is 11.6. The van der Waals surface area contributed by atoms with Crippen LogP contribution in [0.5, 0.6) is 0 Å². The van der Waals surface area contributed by atoms with E-state index in [1.165, 1.54) is 11.0 Å². The fourth-order valence-corrected chi connectivity index (χ4v) is 2.55. The van der Waals surface area contributed by atoms with E-state index in [9.17, 15) is 13.6 Å². The Hall–Kier alpha value is -2.27. The predicted molar refractivity (Wildman–Crippen MR) is 81.7 cm³/mol. The second-order valence-electron chi connectivity index (χ2n) is 4.90. The normalized spacial score (nSPS) is 14.5. The maximum absolute atomic E-state index is 14.1. The van der Waals surface area contributed by atoms with Crippen molar-refractivity contribution in [1.82, 2.24) is 0 Å². The molecule has 2 aromatic rings. The summed E-state index contributed by atoms with van der Waals surface area (Å²) in [6.45, 7) is -0.116. The van der Waals surface area contributed by atoms with Crippen molar-refractivity contribution in [1.29, 1.82) is 0 Å². The van der Waals surface area contributed by atoms with Crippen LogP contribution in [0.4, 0.5) is 14.5 Å². The number of nitrogens with zero attached hydrogens (tertiary/aromatic N) is 2. The molecule has 0 saturated heterocycles. The van der Waals surface area contributed by atoms with Crippen LogP contribution >= 0.6 is 11.6 Å². The summed E-state index contributed by atoms with van der Waals surface area (Å²) in [6.07, 6.45) is 0. The van der Waals surface area contributed by atoms with Crippen molar-refractivity contribution in [3.63, 3.8) is 0 Å². The third-order valence-corrected chi connectivity index (χ3v) is 3.74. The third kappa shape index (κ3) is 2.48. The Labute approximate surface area is 130 Å². The van der Waals surface area contributed by atoms with Gasteiger partial charge in [-0.3, -0.25) is 9.79 Å². The molecule has 1 amide bonds. The summed E-state index contributed by atoms with van der Waals surface area (Å²) in [5.41, 5.74) is 1.53. The molecule has 0 N–H and O–H groups in total. The summed E-state index contributed by atoms with van der Waals surface area (Å²) in [5, 5.41) is 0.441. The van der Waals surface area contributed by atoms with E-state index in [0.29, 0.717) is 16.3 Å². The highest BCUT2D eigenvalue weighted by molar-refractivity contribution is 6.32. The van der Waals surface area contributed by atoms with Crippen molar-refractivity contribution in [2.24, 2.45) is 4.99 Å². The molecule has 1 heterocycles. The molecule has 0 aromatic heterocycles. The number of carbonyl (C=O) groups excluding carboxylic acids is 1. The Bertz CT molecular complexity index is 805. The molecule has 0 spiro atoms. The van der Waals surface area contributed by atoms with Gasteiger partial charge in [-0.1, -0.05) is 11.6 Å². The molecule has 112 valence electrons. The van der Waals surface area contributed by atoms with E-state index in [1.54, 1.807) is 25.2 Å². The van der Waals surface area contributed by atoms with E-state index >= 15 is 0 Å². The number of hydrogen-bond acceptors (Lipinski definition) is 2. The van der Waals surface area contributed by atoms with Gasteiger partial charge in [-0.05, 0) is 30.3 Å². The largest absolute Gasteiger partial charge is 0.313 e. The number of amides is 1. The van der Waals surface area contributed by atoms with Gasteiger partial charge in [0, 0.05) is 29.3 Å². The highest BCUT2D eigenvalue weighted by atomic mass is 35.5. The van der Waals surface area contributed by atoms with Crippen molar-refractivity contribution < 1.29 is 13.6 Å².